The summed E-state index contributed by atoms with van der Waals surface area (Å²) in [6, 6.07) is 11.2. The monoisotopic (exact) mass is 415 g/mol. The van der Waals surface area contributed by atoms with Gasteiger partial charge >= 0.3 is 6.18 Å². The molecule has 0 saturated carbocycles. The van der Waals surface area contributed by atoms with E-state index in [1.165, 1.54) is 13.0 Å². The van der Waals surface area contributed by atoms with Crippen LogP contribution in [0.15, 0.2) is 48.5 Å². The first-order valence-electron chi connectivity index (χ1n) is 8.16. The minimum Gasteiger partial charge on any atom is -0.399 e. The van der Waals surface area contributed by atoms with E-state index in [1.54, 1.807) is 24.3 Å². The number of benzene rings is 2. The third kappa shape index (κ3) is 5.39. The molecule has 0 radical (unpaired) electrons. The highest BCUT2D eigenvalue weighted by atomic mass is 35.5. The number of alkyl halides is 3. The summed E-state index contributed by atoms with van der Waals surface area (Å²) in [6.45, 7) is 1.28. The van der Waals surface area contributed by atoms with Crippen LogP contribution in [0.25, 0.3) is 0 Å². The molecule has 1 unspecified atom stereocenters. The van der Waals surface area contributed by atoms with Crippen molar-refractivity contribution in [3.63, 3.8) is 0 Å². The van der Waals surface area contributed by atoms with Crippen molar-refractivity contribution >= 4 is 29.9 Å². The van der Waals surface area contributed by atoms with Gasteiger partial charge in [0.1, 0.15) is 5.54 Å². The van der Waals surface area contributed by atoms with Crippen molar-refractivity contribution in [2.45, 2.75) is 31.5 Å². The Hall–Kier alpha value is -2.74. The molecular weight excluding hydrogens is 395 g/mol. The number of primary amides is 1. The van der Waals surface area contributed by atoms with Crippen molar-refractivity contribution < 1.29 is 22.8 Å². The lowest BCUT2D eigenvalue weighted by Crippen LogP contribution is -2.52. The maximum absolute atomic E-state index is 13.0. The number of nitrogens with two attached hydrogens (primary N) is 2. The summed E-state index contributed by atoms with van der Waals surface area (Å²) in [5, 5.41) is 2.46. The number of para-hydroxylation sites is 1. The second kappa shape index (κ2) is 8.97. The summed E-state index contributed by atoms with van der Waals surface area (Å²) in [5.41, 5.74) is 9.74. The molecule has 0 aliphatic carbocycles. The number of nitrogens with one attached hydrogen (secondary N) is 1. The molecule has 9 heteroatoms. The van der Waals surface area contributed by atoms with Gasteiger partial charge in [0.25, 0.3) is 0 Å². The van der Waals surface area contributed by atoms with Gasteiger partial charge in [-0.25, -0.2) is 0 Å². The van der Waals surface area contributed by atoms with Crippen LogP contribution in [0, 0.1) is 0 Å². The van der Waals surface area contributed by atoms with E-state index >= 15 is 0 Å². The van der Waals surface area contributed by atoms with Crippen LogP contribution in [0.4, 0.5) is 18.9 Å². The van der Waals surface area contributed by atoms with Gasteiger partial charge in [0, 0.05) is 12.1 Å². The average Bonchev–Trinajstić information content (AvgIpc) is 2.60. The topological polar surface area (TPSA) is 98.2 Å². The number of anilines is 1. The number of hydrogen-bond acceptors (Lipinski definition) is 3. The molecular formula is C19H21ClF3N3O2. The lowest BCUT2D eigenvalue weighted by Gasteiger charge is -2.28. The van der Waals surface area contributed by atoms with Crippen LogP contribution in [0.3, 0.4) is 0 Å². The van der Waals surface area contributed by atoms with Gasteiger partial charge in [0.15, 0.2) is 0 Å². The average molecular weight is 416 g/mol. The smallest absolute Gasteiger partial charge is 0.399 e. The molecule has 0 aliphatic heterocycles. The molecule has 0 spiro atoms. The Labute approximate surface area is 166 Å². The molecule has 2 aromatic rings. The Kier molecular flexibility index (Phi) is 7.46. The Morgan fingerprint density at radius 3 is 2.21 bits per heavy atom. The van der Waals surface area contributed by atoms with Crippen molar-refractivity contribution in [3.05, 3.63) is 65.2 Å². The summed E-state index contributed by atoms with van der Waals surface area (Å²) >= 11 is 0. The predicted octanol–water partition coefficient (Wildman–Crippen LogP) is 3.16. The molecule has 5 nitrogen and oxygen atoms in total. The molecule has 2 rings (SSSR count). The van der Waals surface area contributed by atoms with E-state index in [9.17, 15) is 22.8 Å². The SMILES string of the molecule is CC(NC(=O)CCc1ccccc1N)(C(N)=O)c1cccc(C(F)(F)F)c1.Cl. The van der Waals surface area contributed by atoms with Crippen LogP contribution in [-0.4, -0.2) is 11.8 Å². The zero-order valence-electron chi connectivity index (χ0n) is 15.0. The van der Waals surface area contributed by atoms with E-state index in [4.69, 9.17) is 11.5 Å². The van der Waals surface area contributed by atoms with Crippen LogP contribution >= 0.6 is 12.4 Å². The zero-order valence-corrected chi connectivity index (χ0v) is 15.9. The number of rotatable bonds is 6. The second-order valence-corrected chi connectivity index (χ2v) is 6.31. The number of amides is 2. The number of carbonyl (C=O) groups excluding carboxylic acids is 2. The van der Waals surface area contributed by atoms with Gasteiger partial charge in [-0.1, -0.05) is 30.3 Å². The number of halogens is 4. The Balaban J connectivity index is 0.00000392. The van der Waals surface area contributed by atoms with Crippen LogP contribution in [0.2, 0.25) is 0 Å². The first kappa shape index (κ1) is 23.3. The van der Waals surface area contributed by atoms with Crippen LogP contribution in [-0.2, 0) is 27.7 Å². The first-order chi connectivity index (χ1) is 12.5. The molecule has 0 fully saturated rings. The molecule has 0 aliphatic rings. The quantitative estimate of drug-likeness (QED) is 0.632. The lowest BCUT2D eigenvalue weighted by molar-refractivity contribution is -0.138. The third-order valence-electron chi connectivity index (χ3n) is 4.33. The molecule has 5 N–H and O–H groups in total. The van der Waals surface area contributed by atoms with Crippen molar-refractivity contribution in [1.82, 2.24) is 5.32 Å². The third-order valence-corrected chi connectivity index (χ3v) is 4.33. The molecule has 1 atom stereocenters. The summed E-state index contributed by atoms with van der Waals surface area (Å²) in [6.07, 6.45) is -4.27. The molecule has 2 aromatic carbocycles. The highest BCUT2D eigenvalue weighted by molar-refractivity contribution is 5.91. The highest BCUT2D eigenvalue weighted by Gasteiger charge is 2.37. The fraction of sp³-hybridized carbons (Fsp3) is 0.263. The number of nitrogen functional groups attached to an aromatic ring is 1. The van der Waals surface area contributed by atoms with Crippen molar-refractivity contribution in [3.8, 4) is 0 Å². The molecule has 0 saturated heterocycles. The Morgan fingerprint density at radius 2 is 1.64 bits per heavy atom. The Bertz CT molecular complexity index is 858. The first-order valence-corrected chi connectivity index (χ1v) is 8.16. The Morgan fingerprint density at radius 1 is 1.04 bits per heavy atom. The van der Waals surface area contributed by atoms with E-state index in [0.29, 0.717) is 12.1 Å². The molecule has 28 heavy (non-hydrogen) atoms. The highest BCUT2D eigenvalue weighted by Crippen LogP contribution is 2.32. The lowest BCUT2D eigenvalue weighted by atomic mass is 9.89. The maximum Gasteiger partial charge on any atom is 0.416 e. The number of aryl methyl sites for hydroxylation is 1. The van der Waals surface area contributed by atoms with E-state index in [2.05, 4.69) is 5.32 Å². The zero-order chi connectivity index (χ0) is 20.2. The normalized spacial score (nSPS) is 13.1. The second-order valence-electron chi connectivity index (χ2n) is 6.31. The number of hydrogen-bond donors (Lipinski definition) is 3. The minimum atomic E-state index is -4.58. The van der Waals surface area contributed by atoms with Crippen LogP contribution < -0.4 is 16.8 Å². The van der Waals surface area contributed by atoms with Gasteiger partial charge in [-0.05, 0) is 42.7 Å². The van der Waals surface area contributed by atoms with Gasteiger partial charge in [0.2, 0.25) is 11.8 Å². The van der Waals surface area contributed by atoms with Crippen LogP contribution in [0.5, 0.6) is 0 Å². The van der Waals surface area contributed by atoms with Gasteiger partial charge in [-0.3, -0.25) is 9.59 Å². The van der Waals surface area contributed by atoms with Crippen molar-refractivity contribution in [1.29, 1.82) is 0 Å². The molecule has 0 aromatic heterocycles. The molecule has 0 bridgehead atoms. The van der Waals surface area contributed by atoms with E-state index in [1.807, 2.05) is 0 Å². The van der Waals surface area contributed by atoms with Gasteiger partial charge in [-0.15, -0.1) is 12.4 Å². The van der Waals surface area contributed by atoms with Gasteiger partial charge in [0.05, 0.1) is 5.56 Å². The summed E-state index contributed by atoms with van der Waals surface area (Å²) in [4.78, 5) is 24.3. The molecule has 2 amide bonds. The summed E-state index contributed by atoms with van der Waals surface area (Å²) < 4.78 is 38.9. The standard InChI is InChI=1S/C19H20F3N3O2.ClH/c1-18(17(24)27,13-6-4-7-14(11-13)19(20,21)22)25-16(26)10-9-12-5-2-3-8-15(12)23;/h2-8,11H,9-10,23H2,1H3,(H2,24,27)(H,25,26);1H. The van der Waals surface area contributed by atoms with E-state index in [0.717, 1.165) is 23.8 Å². The van der Waals surface area contributed by atoms with Crippen molar-refractivity contribution in [2.24, 2.45) is 5.73 Å². The summed E-state index contributed by atoms with van der Waals surface area (Å²) in [5.74, 6) is -1.49. The summed E-state index contributed by atoms with van der Waals surface area (Å²) in [7, 11) is 0. The molecule has 152 valence electrons. The van der Waals surface area contributed by atoms with Crippen molar-refractivity contribution in [2.75, 3.05) is 5.73 Å². The van der Waals surface area contributed by atoms with Crippen LogP contribution in [0.1, 0.15) is 30.0 Å². The minimum absolute atomic E-state index is 0. The predicted molar refractivity (Wildman–Crippen MR) is 103 cm³/mol. The van der Waals surface area contributed by atoms with E-state index in [-0.39, 0.29) is 24.4 Å². The maximum atomic E-state index is 13.0. The molecule has 0 heterocycles. The number of carbonyl (C=O) groups is 2. The fourth-order valence-electron chi connectivity index (χ4n) is 2.63. The largest absolute Gasteiger partial charge is 0.416 e. The van der Waals surface area contributed by atoms with Gasteiger partial charge < -0.3 is 16.8 Å². The fourth-order valence-corrected chi connectivity index (χ4v) is 2.63. The van der Waals surface area contributed by atoms with E-state index < -0.39 is 29.1 Å². The van der Waals surface area contributed by atoms with Gasteiger partial charge in [-0.2, -0.15) is 13.2 Å².